The number of aliphatic carboxylic acids is 1. The SMILES string of the molecule is Cc1nc(C)c(C(=O)N2CC[C@@H](O)[C@](Cc3ccc(F)cc3)(C(=O)O)C2)s1. The summed E-state index contributed by atoms with van der Waals surface area (Å²) in [5.74, 6) is -1.86. The summed E-state index contributed by atoms with van der Waals surface area (Å²) in [6.45, 7) is 3.72. The van der Waals surface area contributed by atoms with Gasteiger partial charge in [0.2, 0.25) is 0 Å². The first-order valence-electron chi connectivity index (χ1n) is 8.62. The minimum Gasteiger partial charge on any atom is -0.481 e. The van der Waals surface area contributed by atoms with E-state index in [0.29, 0.717) is 16.1 Å². The van der Waals surface area contributed by atoms with Gasteiger partial charge in [-0.1, -0.05) is 12.1 Å². The average molecular weight is 392 g/mol. The summed E-state index contributed by atoms with van der Waals surface area (Å²) < 4.78 is 13.2. The van der Waals surface area contributed by atoms with Crippen molar-refractivity contribution in [1.29, 1.82) is 0 Å². The van der Waals surface area contributed by atoms with Crippen LogP contribution in [0.2, 0.25) is 0 Å². The number of likely N-dealkylation sites (tertiary alicyclic amines) is 1. The number of aromatic nitrogens is 1. The number of piperidine rings is 1. The quantitative estimate of drug-likeness (QED) is 0.834. The summed E-state index contributed by atoms with van der Waals surface area (Å²) in [5, 5.41) is 21.2. The molecule has 144 valence electrons. The van der Waals surface area contributed by atoms with Gasteiger partial charge in [-0.3, -0.25) is 9.59 Å². The van der Waals surface area contributed by atoms with Crippen LogP contribution >= 0.6 is 11.3 Å². The molecule has 0 bridgehead atoms. The summed E-state index contributed by atoms with van der Waals surface area (Å²) in [5.41, 5.74) is -0.329. The molecule has 2 heterocycles. The molecule has 2 aromatic rings. The highest BCUT2D eigenvalue weighted by Crippen LogP contribution is 2.36. The third-order valence-electron chi connectivity index (χ3n) is 5.03. The van der Waals surface area contributed by atoms with Gasteiger partial charge in [-0.05, 0) is 44.4 Å². The van der Waals surface area contributed by atoms with Crippen molar-refractivity contribution in [3.8, 4) is 0 Å². The maximum Gasteiger partial charge on any atom is 0.314 e. The Morgan fingerprint density at radius 1 is 1.33 bits per heavy atom. The molecule has 0 spiro atoms. The largest absolute Gasteiger partial charge is 0.481 e. The van der Waals surface area contributed by atoms with Crippen molar-refractivity contribution in [2.75, 3.05) is 13.1 Å². The Balaban J connectivity index is 1.90. The number of halogens is 1. The highest BCUT2D eigenvalue weighted by Gasteiger charge is 2.50. The number of amides is 1. The molecule has 1 aromatic carbocycles. The van der Waals surface area contributed by atoms with E-state index in [0.717, 1.165) is 5.01 Å². The highest BCUT2D eigenvalue weighted by atomic mass is 32.1. The molecule has 1 aliphatic heterocycles. The number of aliphatic hydroxyl groups excluding tert-OH is 1. The van der Waals surface area contributed by atoms with Gasteiger partial charge >= 0.3 is 5.97 Å². The molecule has 0 radical (unpaired) electrons. The number of aliphatic hydroxyl groups is 1. The predicted molar refractivity (Wildman–Crippen MR) is 98.3 cm³/mol. The molecule has 2 atom stereocenters. The standard InChI is InChI=1S/C19H21FN2O4S/c1-11-16(27-12(2)21-11)17(24)22-8-7-15(23)19(10-22,18(25)26)9-13-3-5-14(20)6-4-13/h3-6,15,23H,7-10H2,1-2H3,(H,25,26)/t15-,19-/m1/s1. The van der Waals surface area contributed by atoms with Gasteiger partial charge in [0.25, 0.3) is 5.91 Å². The third kappa shape index (κ3) is 3.72. The molecule has 0 aliphatic carbocycles. The first-order chi connectivity index (χ1) is 12.7. The minimum atomic E-state index is -1.54. The molecule has 6 nitrogen and oxygen atoms in total. The van der Waals surface area contributed by atoms with Crippen molar-refractivity contribution in [2.24, 2.45) is 5.41 Å². The monoisotopic (exact) mass is 392 g/mol. The van der Waals surface area contributed by atoms with E-state index in [1.165, 1.54) is 40.5 Å². The van der Waals surface area contributed by atoms with Crippen LogP contribution in [-0.2, 0) is 11.2 Å². The number of hydrogen-bond acceptors (Lipinski definition) is 5. The Labute approximate surface area is 160 Å². The number of benzene rings is 1. The summed E-state index contributed by atoms with van der Waals surface area (Å²) in [4.78, 5) is 31.3. The fourth-order valence-corrected chi connectivity index (χ4v) is 4.44. The van der Waals surface area contributed by atoms with Crippen LogP contribution < -0.4 is 0 Å². The molecule has 1 aromatic heterocycles. The van der Waals surface area contributed by atoms with Crippen LogP contribution in [0.4, 0.5) is 4.39 Å². The molecule has 1 saturated heterocycles. The number of carbonyl (C=O) groups excluding carboxylic acids is 1. The molecule has 0 unspecified atom stereocenters. The number of hydrogen-bond donors (Lipinski definition) is 2. The maximum absolute atomic E-state index is 13.2. The van der Waals surface area contributed by atoms with Crippen molar-refractivity contribution in [2.45, 2.75) is 32.8 Å². The normalized spacial score (nSPS) is 22.7. The number of rotatable bonds is 4. The summed E-state index contributed by atoms with van der Waals surface area (Å²) >= 11 is 1.28. The molecule has 1 fully saturated rings. The number of carboxylic acids is 1. The Bertz CT molecular complexity index is 867. The van der Waals surface area contributed by atoms with Crippen LogP contribution in [0, 0.1) is 25.1 Å². The van der Waals surface area contributed by atoms with E-state index in [1.54, 1.807) is 6.92 Å². The van der Waals surface area contributed by atoms with Crippen LogP contribution in [0.5, 0.6) is 0 Å². The molecule has 27 heavy (non-hydrogen) atoms. The topological polar surface area (TPSA) is 90.7 Å². The lowest BCUT2D eigenvalue weighted by Crippen LogP contribution is -2.58. The summed E-state index contributed by atoms with van der Waals surface area (Å²) in [6.07, 6.45) is -0.932. The van der Waals surface area contributed by atoms with E-state index >= 15 is 0 Å². The van der Waals surface area contributed by atoms with E-state index in [2.05, 4.69) is 4.98 Å². The molecule has 2 N–H and O–H groups in total. The van der Waals surface area contributed by atoms with Gasteiger partial charge in [0.05, 0.1) is 16.8 Å². The Morgan fingerprint density at radius 3 is 2.56 bits per heavy atom. The number of carboxylic acid groups (broad SMARTS) is 1. The molecule has 1 amide bonds. The summed E-state index contributed by atoms with van der Waals surface area (Å²) in [6, 6.07) is 5.52. The molecular weight excluding hydrogens is 371 g/mol. The van der Waals surface area contributed by atoms with Crippen molar-refractivity contribution in [3.05, 3.63) is 51.2 Å². The average Bonchev–Trinajstić information content (AvgIpc) is 2.96. The van der Waals surface area contributed by atoms with E-state index in [9.17, 15) is 24.2 Å². The molecule has 1 aliphatic rings. The Kier molecular flexibility index (Phi) is 5.30. The molecular formula is C19H21FN2O4S. The van der Waals surface area contributed by atoms with Gasteiger partial charge in [-0.15, -0.1) is 11.3 Å². The number of nitrogens with zero attached hydrogens (tertiary/aromatic N) is 2. The van der Waals surface area contributed by atoms with E-state index in [4.69, 9.17) is 0 Å². The zero-order chi connectivity index (χ0) is 19.8. The Hall–Kier alpha value is -2.32. The zero-order valence-corrected chi connectivity index (χ0v) is 15.9. The number of carbonyl (C=O) groups is 2. The van der Waals surface area contributed by atoms with Crippen molar-refractivity contribution in [1.82, 2.24) is 9.88 Å². The number of thiazole rings is 1. The predicted octanol–water partition coefficient (Wildman–Crippen LogP) is 2.42. The van der Waals surface area contributed by atoms with Crippen LogP contribution in [-0.4, -0.2) is 51.2 Å². The van der Waals surface area contributed by atoms with Gasteiger partial charge in [-0.2, -0.15) is 0 Å². The van der Waals surface area contributed by atoms with E-state index < -0.39 is 23.3 Å². The van der Waals surface area contributed by atoms with E-state index in [-0.39, 0.29) is 31.8 Å². The van der Waals surface area contributed by atoms with Gasteiger partial charge in [0, 0.05) is 13.1 Å². The lowest BCUT2D eigenvalue weighted by atomic mass is 9.72. The van der Waals surface area contributed by atoms with Gasteiger partial charge in [0.1, 0.15) is 16.1 Å². The Morgan fingerprint density at radius 2 is 2.00 bits per heavy atom. The lowest BCUT2D eigenvalue weighted by molar-refractivity contribution is -0.161. The van der Waals surface area contributed by atoms with Gasteiger partial charge in [-0.25, -0.2) is 9.37 Å². The van der Waals surface area contributed by atoms with Crippen LogP contribution in [0.1, 0.15) is 32.4 Å². The van der Waals surface area contributed by atoms with Crippen molar-refractivity contribution < 1.29 is 24.2 Å². The molecule has 3 rings (SSSR count). The first-order valence-corrected chi connectivity index (χ1v) is 9.44. The fourth-order valence-electron chi connectivity index (χ4n) is 3.55. The minimum absolute atomic E-state index is 0.00819. The maximum atomic E-state index is 13.2. The van der Waals surface area contributed by atoms with Crippen LogP contribution in [0.25, 0.3) is 0 Å². The zero-order valence-electron chi connectivity index (χ0n) is 15.1. The van der Waals surface area contributed by atoms with Crippen molar-refractivity contribution in [3.63, 3.8) is 0 Å². The molecule has 8 heteroatoms. The second kappa shape index (κ2) is 7.36. The van der Waals surface area contributed by atoms with Crippen LogP contribution in [0.15, 0.2) is 24.3 Å². The summed E-state index contributed by atoms with van der Waals surface area (Å²) in [7, 11) is 0. The van der Waals surface area contributed by atoms with Gasteiger partial charge in [0.15, 0.2) is 0 Å². The number of aryl methyl sites for hydroxylation is 2. The molecule has 0 saturated carbocycles. The van der Waals surface area contributed by atoms with Crippen LogP contribution in [0.3, 0.4) is 0 Å². The first kappa shape index (κ1) is 19.4. The third-order valence-corrected chi connectivity index (χ3v) is 6.09. The smallest absolute Gasteiger partial charge is 0.314 e. The van der Waals surface area contributed by atoms with Gasteiger partial charge < -0.3 is 15.1 Å². The highest BCUT2D eigenvalue weighted by molar-refractivity contribution is 7.13. The van der Waals surface area contributed by atoms with E-state index in [1.807, 2.05) is 6.92 Å². The lowest BCUT2D eigenvalue weighted by Gasteiger charge is -2.43. The second-order valence-corrected chi connectivity index (χ2v) is 8.15. The second-order valence-electron chi connectivity index (χ2n) is 6.94. The van der Waals surface area contributed by atoms with Crippen molar-refractivity contribution >= 4 is 23.2 Å². The fraction of sp³-hybridized carbons (Fsp3) is 0.421.